The lowest BCUT2D eigenvalue weighted by molar-refractivity contribution is -0.384. The van der Waals surface area contributed by atoms with Gasteiger partial charge in [0.05, 0.1) is 21.1 Å². The Morgan fingerprint density at radius 3 is 2.34 bits per heavy atom. The molecule has 0 atom stereocenters. The van der Waals surface area contributed by atoms with Crippen LogP contribution in [0.2, 0.25) is 0 Å². The van der Waals surface area contributed by atoms with E-state index in [1.165, 1.54) is 23.9 Å². The third-order valence-corrected chi connectivity index (χ3v) is 7.02. The van der Waals surface area contributed by atoms with Gasteiger partial charge in [-0.15, -0.1) is 34.4 Å². The van der Waals surface area contributed by atoms with Crippen molar-refractivity contribution in [3.63, 3.8) is 0 Å². The molecule has 3 aromatic heterocycles. The van der Waals surface area contributed by atoms with Crippen LogP contribution in [0, 0.1) is 21.4 Å². The van der Waals surface area contributed by atoms with Gasteiger partial charge >= 0.3 is 0 Å². The van der Waals surface area contributed by atoms with Crippen LogP contribution in [0.3, 0.4) is 0 Å². The first-order valence-electron chi connectivity index (χ1n) is 8.54. The van der Waals surface area contributed by atoms with Crippen molar-refractivity contribution in [2.75, 3.05) is 0 Å². The molecular formula is C21H13N3O2S3. The highest BCUT2D eigenvalue weighted by molar-refractivity contribution is 7.98. The topological polar surface area (TPSA) is 79.8 Å². The number of hydrogen-bond acceptors (Lipinski definition) is 7. The molecule has 0 aliphatic heterocycles. The van der Waals surface area contributed by atoms with Crippen molar-refractivity contribution in [3.05, 3.63) is 86.6 Å². The lowest BCUT2D eigenvalue weighted by Gasteiger charge is -2.10. The van der Waals surface area contributed by atoms with Crippen molar-refractivity contribution in [3.8, 4) is 27.1 Å². The molecule has 0 fully saturated rings. The molecule has 0 amide bonds. The average Bonchev–Trinajstić information content (AvgIpc) is 3.46. The molecule has 0 saturated heterocycles. The van der Waals surface area contributed by atoms with Crippen LogP contribution in [0.5, 0.6) is 0 Å². The Morgan fingerprint density at radius 1 is 1.07 bits per heavy atom. The summed E-state index contributed by atoms with van der Waals surface area (Å²) < 4.78 is 0. The van der Waals surface area contributed by atoms with Crippen molar-refractivity contribution in [1.29, 1.82) is 5.26 Å². The Balaban J connectivity index is 1.71. The van der Waals surface area contributed by atoms with Gasteiger partial charge in [-0.1, -0.05) is 24.3 Å². The number of hydrogen-bond donors (Lipinski definition) is 0. The van der Waals surface area contributed by atoms with Crippen molar-refractivity contribution in [2.45, 2.75) is 10.8 Å². The summed E-state index contributed by atoms with van der Waals surface area (Å²) in [5, 5.41) is 25.3. The fraction of sp³-hybridized carbons (Fsp3) is 0.0476. The van der Waals surface area contributed by atoms with Crippen LogP contribution >= 0.6 is 34.4 Å². The van der Waals surface area contributed by atoms with E-state index in [1.807, 2.05) is 41.1 Å². The van der Waals surface area contributed by atoms with Gasteiger partial charge in [0.25, 0.3) is 5.69 Å². The monoisotopic (exact) mass is 435 g/mol. The van der Waals surface area contributed by atoms with E-state index in [2.05, 4.69) is 6.07 Å². The number of thiophene rings is 2. The van der Waals surface area contributed by atoms with Gasteiger partial charge in [-0.3, -0.25) is 10.1 Å². The maximum Gasteiger partial charge on any atom is 0.269 e. The van der Waals surface area contributed by atoms with E-state index in [-0.39, 0.29) is 5.69 Å². The number of non-ortho nitro benzene ring substituents is 1. The lowest BCUT2D eigenvalue weighted by atomic mass is 10.1. The smallest absolute Gasteiger partial charge is 0.258 e. The molecule has 0 aliphatic carbocycles. The highest BCUT2D eigenvalue weighted by atomic mass is 32.2. The Kier molecular flexibility index (Phi) is 5.71. The summed E-state index contributed by atoms with van der Waals surface area (Å²) in [6, 6.07) is 18.7. The van der Waals surface area contributed by atoms with Gasteiger partial charge in [-0.2, -0.15) is 5.26 Å². The van der Waals surface area contributed by atoms with Crippen molar-refractivity contribution >= 4 is 40.1 Å². The van der Waals surface area contributed by atoms with E-state index < -0.39 is 4.92 Å². The van der Waals surface area contributed by atoms with Gasteiger partial charge < -0.3 is 0 Å². The van der Waals surface area contributed by atoms with E-state index in [9.17, 15) is 15.4 Å². The summed E-state index contributed by atoms with van der Waals surface area (Å²) in [6.07, 6.45) is 0. The van der Waals surface area contributed by atoms with E-state index in [4.69, 9.17) is 4.98 Å². The summed E-state index contributed by atoms with van der Waals surface area (Å²) >= 11 is 4.67. The minimum absolute atomic E-state index is 0.0641. The first-order valence-corrected chi connectivity index (χ1v) is 11.3. The molecule has 4 aromatic rings. The number of aromatic nitrogens is 1. The fourth-order valence-corrected chi connectivity index (χ4v) is 5.17. The van der Waals surface area contributed by atoms with Crippen LogP contribution in [0.1, 0.15) is 11.1 Å². The van der Waals surface area contributed by atoms with Gasteiger partial charge in [-0.05, 0) is 34.5 Å². The molecule has 0 radical (unpaired) electrons. The Labute approximate surface area is 179 Å². The predicted octanol–water partition coefficient (Wildman–Crippen LogP) is 6.61. The molecule has 0 saturated carbocycles. The summed E-state index contributed by atoms with van der Waals surface area (Å²) in [5.74, 6) is 0.567. The maximum atomic E-state index is 10.8. The number of nitriles is 1. The molecule has 0 spiro atoms. The van der Waals surface area contributed by atoms with Gasteiger partial charge in [-0.25, -0.2) is 4.98 Å². The zero-order valence-electron chi connectivity index (χ0n) is 14.9. The molecule has 0 aliphatic rings. The third-order valence-electron chi connectivity index (χ3n) is 4.18. The minimum Gasteiger partial charge on any atom is -0.258 e. The Hall–Kier alpha value is -2.99. The molecule has 0 unspecified atom stereocenters. The molecule has 29 heavy (non-hydrogen) atoms. The van der Waals surface area contributed by atoms with E-state index in [1.54, 1.807) is 34.8 Å². The van der Waals surface area contributed by atoms with Gasteiger partial charge in [0, 0.05) is 28.3 Å². The van der Waals surface area contributed by atoms with Crippen LogP contribution in [-0.4, -0.2) is 9.91 Å². The van der Waals surface area contributed by atoms with Crippen molar-refractivity contribution in [1.82, 2.24) is 4.98 Å². The number of nitro benzene ring substituents is 1. The normalized spacial score (nSPS) is 10.6. The number of benzene rings is 1. The zero-order chi connectivity index (χ0) is 20.2. The van der Waals surface area contributed by atoms with E-state index >= 15 is 0 Å². The third kappa shape index (κ3) is 4.22. The standard InChI is InChI=1S/C21H13N3O2S3/c22-12-17-16(19-3-1-9-27-19)11-18(20-4-2-10-28-20)23-21(17)29-13-14-5-7-15(8-6-14)24(25)26/h1-11H,13H2. The molecule has 0 bridgehead atoms. The molecule has 5 nitrogen and oxygen atoms in total. The highest BCUT2D eigenvalue weighted by Crippen LogP contribution is 2.37. The summed E-state index contributed by atoms with van der Waals surface area (Å²) in [5.41, 5.74) is 3.28. The van der Waals surface area contributed by atoms with Crippen LogP contribution in [0.25, 0.3) is 21.0 Å². The molecule has 3 heterocycles. The predicted molar refractivity (Wildman–Crippen MR) is 118 cm³/mol. The van der Waals surface area contributed by atoms with Gasteiger partial charge in [0.15, 0.2) is 0 Å². The average molecular weight is 436 g/mol. The summed E-state index contributed by atoms with van der Waals surface area (Å²) in [4.78, 5) is 17.3. The first-order chi connectivity index (χ1) is 14.2. The highest BCUT2D eigenvalue weighted by Gasteiger charge is 2.17. The molecule has 8 heteroatoms. The second-order valence-electron chi connectivity index (χ2n) is 6.01. The number of rotatable bonds is 6. The van der Waals surface area contributed by atoms with Crippen LogP contribution < -0.4 is 0 Å². The van der Waals surface area contributed by atoms with Crippen LogP contribution in [0.15, 0.2) is 70.4 Å². The zero-order valence-corrected chi connectivity index (χ0v) is 17.4. The maximum absolute atomic E-state index is 10.8. The Bertz CT molecular complexity index is 1180. The second-order valence-corrected chi connectivity index (χ2v) is 8.87. The Morgan fingerprint density at radius 2 is 1.76 bits per heavy atom. The number of nitrogens with zero attached hydrogens (tertiary/aromatic N) is 3. The van der Waals surface area contributed by atoms with Crippen molar-refractivity contribution < 1.29 is 4.92 Å². The SMILES string of the molecule is N#Cc1c(-c2cccs2)cc(-c2cccs2)nc1SCc1ccc([N+](=O)[O-])cc1. The molecule has 1 aromatic carbocycles. The molecule has 4 rings (SSSR count). The van der Waals surface area contributed by atoms with Gasteiger partial charge in [0.1, 0.15) is 11.1 Å². The van der Waals surface area contributed by atoms with Crippen LogP contribution in [0.4, 0.5) is 5.69 Å². The van der Waals surface area contributed by atoms with E-state index in [0.717, 1.165) is 26.6 Å². The largest absolute Gasteiger partial charge is 0.269 e. The second kappa shape index (κ2) is 8.57. The van der Waals surface area contributed by atoms with E-state index in [0.29, 0.717) is 16.3 Å². The fourth-order valence-electron chi connectivity index (χ4n) is 2.78. The molecular weight excluding hydrogens is 422 g/mol. The number of pyridine rings is 1. The number of thioether (sulfide) groups is 1. The minimum atomic E-state index is -0.413. The van der Waals surface area contributed by atoms with Gasteiger partial charge in [0.2, 0.25) is 0 Å². The van der Waals surface area contributed by atoms with Crippen LogP contribution in [-0.2, 0) is 5.75 Å². The van der Waals surface area contributed by atoms with Crippen molar-refractivity contribution in [2.24, 2.45) is 0 Å². The molecule has 142 valence electrons. The molecule has 0 N–H and O–H groups in total. The quantitative estimate of drug-likeness (QED) is 0.193. The number of nitro groups is 1. The lowest BCUT2D eigenvalue weighted by Crippen LogP contribution is -1.95. The summed E-state index contributed by atoms with van der Waals surface area (Å²) in [7, 11) is 0. The first kappa shape index (κ1) is 19.3. The summed E-state index contributed by atoms with van der Waals surface area (Å²) in [6.45, 7) is 0.